The van der Waals surface area contributed by atoms with Gasteiger partial charge in [0.15, 0.2) is 17.6 Å². The molecule has 6 heterocycles. The second kappa shape index (κ2) is 10.4. The third-order valence-corrected chi connectivity index (χ3v) is 8.13. The second-order valence-corrected chi connectivity index (χ2v) is 10.7. The number of anilines is 2. The fraction of sp³-hybridized carbons (Fsp3) is 0.393. The van der Waals surface area contributed by atoms with Crippen molar-refractivity contribution in [3.8, 4) is 17.2 Å². The Labute approximate surface area is 238 Å². The predicted molar refractivity (Wildman–Crippen MR) is 153 cm³/mol. The molecule has 5 aromatic rings. The lowest BCUT2D eigenvalue weighted by Gasteiger charge is -2.36. The summed E-state index contributed by atoms with van der Waals surface area (Å²) >= 11 is 0. The van der Waals surface area contributed by atoms with Crippen LogP contribution in [0, 0.1) is 5.82 Å². The molecule has 7 rings (SSSR count). The summed E-state index contributed by atoms with van der Waals surface area (Å²) in [4.78, 5) is 22.0. The summed E-state index contributed by atoms with van der Waals surface area (Å²) in [5.74, 6) is 0.697. The highest BCUT2D eigenvalue weighted by Crippen LogP contribution is 2.28. The van der Waals surface area contributed by atoms with E-state index in [2.05, 4.69) is 20.3 Å². The van der Waals surface area contributed by atoms with E-state index in [1.54, 1.807) is 46.7 Å². The molecule has 1 aromatic carbocycles. The largest absolute Gasteiger partial charge is 0.486 e. The summed E-state index contributed by atoms with van der Waals surface area (Å²) in [5.41, 5.74) is 8.95. The van der Waals surface area contributed by atoms with Crippen LogP contribution in [0.5, 0.6) is 5.75 Å². The summed E-state index contributed by atoms with van der Waals surface area (Å²) in [6, 6.07) is 10.1. The normalized spacial score (nSPS) is 19.8. The van der Waals surface area contributed by atoms with Gasteiger partial charge in [0.25, 0.3) is 0 Å². The number of nitrogens with zero attached hydrogens (tertiary/aromatic N) is 7. The molecule has 0 amide bonds. The van der Waals surface area contributed by atoms with E-state index in [1.807, 2.05) is 11.0 Å². The lowest BCUT2D eigenvalue weighted by Crippen LogP contribution is -2.47. The molecule has 2 aliphatic rings. The van der Waals surface area contributed by atoms with E-state index in [9.17, 15) is 13.6 Å². The molecule has 42 heavy (non-hydrogen) atoms. The Morgan fingerprint density at radius 1 is 1.14 bits per heavy atom. The topological polar surface area (TPSA) is 124 Å². The first-order chi connectivity index (χ1) is 20.4. The van der Waals surface area contributed by atoms with Crippen molar-refractivity contribution in [3.05, 3.63) is 59.0 Å². The highest BCUT2D eigenvalue weighted by Gasteiger charge is 2.29. The van der Waals surface area contributed by atoms with Crippen LogP contribution in [0.1, 0.15) is 0 Å². The zero-order chi connectivity index (χ0) is 29.0. The van der Waals surface area contributed by atoms with Gasteiger partial charge in [0.1, 0.15) is 28.9 Å². The number of benzene rings is 1. The van der Waals surface area contributed by atoms with E-state index in [0.29, 0.717) is 85.4 Å². The number of imidazole rings is 1. The van der Waals surface area contributed by atoms with Gasteiger partial charge < -0.3 is 25.1 Å². The van der Waals surface area contributed by atoms with Crippen LogP contribution >= 0.6 is 0 Å². The Morgan fingerprint density at radius 2 is 1.98 bits per heavy atom. The van der Waals surface area contributed by atoms with Crippen LogP contribution in [-0.4, -0.2) is 86.7 Å². The summed E-state index contributed by atoms with van der Waals surface area (Å²) in [7, 11) is 1.71. The van der Waals surface area contributed by atoms with E-state index in [-0.39, 0.29) is 18.2 Å². The van der Waals surface area contributed by atoms with Crippen molar-refractivity contribution in [2.24, 2.45) is 7.05 Å². The van der Waals surface area contributed by atoms with Crippen LogP contribution in [-0.2, 0) is 13.6 Å². The molecule has 0 radical (unpaired) electrons. The monoisotopic (exact) mass is 579 g/mol. The Balaban J connectivity index is 1.04. The molecule has 0 aliphatic carbocycles. The van der Waals surface area contributed by atoms with Crippen LogP contribution < -0.4 is 26.4 Å². The highest BCUT2D eigenvalue weighted by atomic mass is 19.1. The molecular weight excluding hydrogens is 548 g/mol. The summed E-state index contributed by atoms with van der Waals surface area (Å²) < 4.78 is 44.7. The molecule has 0 unspecified atom stereocenters. The Morgan fingerprint density at radius 3 is 2.69 bits per heavy atom. The van der Waals surface area contributed by atoms with E-state index in [4.69, 9.17) is 14.9 Å². The zero-order valence-corrected chi connectivity index (χ0v) is 23.0. The van der Waals surface area contributed by atoms with E-state index < -0.39 is 18.1 Å². The van der Waals surface area contributed by atoms with Crippen molar-refractivity contribution in [3.63, 3.8) is 0 Å². The van der Waals surface area contributed by atoms with Crippen LogP contribution in [0.15, 0.2) is 51.9 Å². The fourth-order valence-electron chi connectivity index (χ4n) is 5.86. The lowest BCUT2D eigenvalue weighted by atomic mass is 10.2. The minimum atomic E-state index is -1.11. The van der Waals surface area contributed by atoms with Crippen LogP contribution in [0.4, 0.5) is 20.4 Å². The standard InChI is InChI=1S/C28H31F2N9O3/c1-35-25-22-14-20(23-3-2-12-41-23)34-39(22)27(31)33-26(25)38(28(35)40)11-8-36-6-9-37(10-7-36)21-5-4-17(13-18(21)29)42-24-16-32-15-19(24)30/h2-5,12-14,19,24,32H,6-11,15-16H2,1H3,(H2,31,33)/t19-,24+/m1/s1. The molecule has 0 saturated carbocycles. The third-order valence-electron chi connectivity index (χ3n) is 8.13. The van der Waals surface area contributed by atoms with Gasteiger partial charge in [-0.25, -0.2) is 13.6 Å². The van der Waals surface area contributed by atoms with Gasteiger partial charge in [0.2, 0.25) is 5.95 Å². The average Bonchev–Trinajstić information content (AvgIpc) is 3.78. The van der Waals surface area contributed by atoms with Gasteiger partial charge in [0, 0.05) is 65.5 Å². The van der Waals surface area contributed by atoms with Crippen molar-refractivity contribution < 1.29 is 17.9 Å². The molecule has 0 bridgehead atoms. The number of aromatic nitrogens is 5. The van der Waals surface area contributed by atoms with Gasteiger partial charge >= 0.3 is 5.69 Å². The Kier molecular flexibility index (Phi) is 6.58. The molecular formula is C28H31F2N9O3. The number of aryl methyl sites for hydroxylation is 1. The van der Waals surface area contributed by atoms with Gasteiger partial charge in [-0.15, -0.1) is 0 Å². The summed E-state index contributed by atoms with van der Waals surface area (Å²) in [5, 5.41) is 7.45. The predicted octanol–water partition coefficient (Wildman–Crippen LogP) is 1.87. The van der Waals surface area contributed by atoms with Gasteiger partial charge in [-0.2, -0.15) is 14.6 Å². The van der Waals surface area contributed by atoms with E-state index >= 15 is 0 Å². The molecule has 2 saturated heterocycles. The highest BCUT2D eigenvalue weighted by molar-refractivity contribution is 5.91. The third kappa shape index (κ3) is 4.56. The number of furan rings is 1. The molecule has 3 N–H and O–H groups in total. The summed E-state index contributed by atoms with van der Waals surface area (Å²) in [6.07, 6.45) is -0.140. The van der Waals surface area contributed by atoms with Crippen LogP contribution in [0.3, 0.4) is 0 Å². The summed E-state index contributed by atoms with van der Waals surface area (Å²) in [6.45, 7) is 4.33. The maximum absolute atomic E-state index is 15.0. The van der Waals surface area contributed by atoms with E-state index in [0.717, 1.165) is 0 Å². The number of hydrogen-bond donors (Lipinski definition) is 2. The molecule has 2 atom stereocenters. The minimum Gasteiger partial charge on any atom is -0.486 e. The number of halogens is 2. The first kappa shape index (κ1) is 26.5. The van der Waals surface area contributed by atoms with Gasteiger partial charge in [-0.05, 0) is 30.3 Å². The number of ether oxygens (including phenoxy) is 1. The molecule has 220 valence electrons. The number of rotatable bonds is 7. The number of nitrogens with two attached hydrogens (primary N) is 1. The minimum absolute atomic E-state index is 0.172. The fourth-order valence-corrected chi connectivity index (χ4v) is 5.86. The van der Waals surface area contributed by atoms with Crippen molar-refractivity contribution in [2.45, 2.75) is 18.8 Å². The maximum atomic E-state index is 15.0. The van der Waals surface area contributed by atoms with Crippen molar-refractivity contribution >= 4 is 28.3 Å². The van der Waals surface area contributed by atoms with Crippen molar-refractivity contribution in [1.82, 2.24) is 33.9 Å². The quantitative estimate of drug-likeness (QED) is 0.297. The first-order valence-corrected chi connectivity index (χ1v) is 13.9. The van der Waals surface area contributed by atoms with Crippen molar-refractivity contribution in [1.29, 1.82) is 0 Å². The number of alkyl halides is 1. The number of fused-ring (bicyclic) bond motifs is 3. The van der Waals surface area contributed by atoms with Crippen molar-refractivity contribution in [2.75, 3.05) is 56.4 Å². The number of nitrogen functional groups attached to an aromatic ring is 1. The SMILES string of the molecule is Cn1c(=O)n(CCN2CCN(c3ccc(O[C@H]4CNC[C@H]4F)cc3F)CC2)c2nc(N)n3nc(-c4ccco4)cc3c21. The maximum Gasteiger partial charge on any atom is 0.330 e. The Hall–Kier alpha value is -4.43. The smallest absolute Gasteiger partial charge is 0.330 e. The number of hydrogen-bond acceptors (Lipinski definition) is 9. The van der Waals surface area contributed by atoms with Gasteiger partial charge in [0.05, 0.1) is 17.5 Å². The zero-order valence-electron chi connectivity index (χ0n) is 23.0. The molecule has 14 heteroatoms. The average molecular weight is 580 g/mol. The Bertz CT molecular complexity index is 1810. The van der Waals surface area contributed by atoms with E-state index in [1.165, 1.54) is 10.6 Å². The molecule has 2 fully saturated rings. The molecule has 2 aliphatic heterocycles. The molecule has 12 nitrogen and oxygen atoms in total. The van der Waals surface area contributed by atoms with Gasteiger partial charge in [-0.3, -0.25) is 14.0 Å². The van der Waals surface area contributed by atoms with Crippen LogP contribution in [0.2, 0.25) is 0 Å². The van der Waals surface area contributed by atoms with Crippen LogP contribution in [0.25, 0.3) is 28.1 Å². The molecule has 4 aromatic heterocycles. The van der Waals surface area contributed by atoms with Gasteiger partial charge in [-0.1, -0.05) is 0 Å². The number of nitrogens with one attached hydrogen (secondary N) is 1. The number of piperazine rings is 1. The first-order valence-electron chi connectivity index (χ1n) is 13.9. The second-order valence-electron chi connectivity index (χ2n) is 10.7. The molecule has 0 spiro atoms. The lowest BCUT2D eigenvalue weighted by molar-refractivity contribution is 0.139.